The van der Waals surface area contributed by atoms with Crippen molar-refractivity contribution in [3.8, 4) is 0 Å². The predicted molar refractivity (Wildman–Crippen MR) is 86.7 cm³/mol. The molecular weight excluding hydrogens is 295 g/mol. The normalized spacial score (nSPS) is 15.5. The molecule has 23 heavy (non-hydrogen) atoms. The fourth-order valence-electron chi connectivity index (χ4n) is 2.88. The van der Waals surface area contributed by atoms with E-state index in [0.29, 0.717) is 5.69 Å². The lowest BCUT2D eigenvalue weighted by Crippen LogP contribution is -2.38. The van der Waals surface area contributed by atoms with Crippen LogP contribution in [0.5, 0.6) is 0 Å². The average molecular weight is 314 g/mol. The summed E-state index contributed by atoms with van der Waals surface area (Å²) in [6.07, 6.45) is 6.54. The highest BCUT2D eigenvalue weighted by Crippen LogP contribution is 2.23. The lowest BCUT2D eigenvalue weighted by Gasteiger charge is -2.31. The predicted octanol–water partition coefficient (Wildman–Crippen LogP) is 2.78. The van der Waals surface area contributed by atoms with Crippen LogP contribution in [0.3, 0.4) is 0 Å². The Balaban J connectivity index is 1.58. The first kappa shape index (κ1) is 15.4. The number of benzene rings is 1. The lowest BCUT2D eigenvalue weighted by atomic mass is 9.96. The Hall–Kier alpha value is -2.50. The fraction of sp³-hybridized carbons (Fsp3) is 0.353. The Labute approximate surface area is 134 Å². The van der Waals surface area contributed by atoms with Crippen molar-refractivity contribution in [2.75, 3.05) is 23.3 Å². The van der Waals surface area contributed by atoms with E-state index in [9.17, 15) is 9.18 Å². The molecule has 3 rings (SSSR count). The largest absolute Gasteiger partial charge is 0.355 e. The number of aryl methyl sites for hydroxylation is 1. The van der Waals surface area contributed by atoms with Gasteiger partial charge in [0.25, 0.3) is 0 Å². The second-order valence-electron chi connectivity index (χ2n) is 5.83. The molecule has 2 aromatic rings. The number of hydrogen-bond acceptors (Lipinski definition) is 4. The number of anilines is 2. The van der Waals surface area contributed by atoms with Gasteiger partial charge in [0.1, 0.15) is 11.6 Å². The first-order valence-corrected chi connectivity index (χ1v) is 7.71. The van der Waals surface area contributed by atoms with Gasteiger partial charge in [0.05, 0.1) is 6.20 Å². The number of nitrogens with zero attached hydrogens (tertiary/aromatic N) is 3. The molecule has 1 aliphatic heterocycles. The highest BCUT2D eigenvalue weighted by Gasteiger charge is 2.25. The Morgan fingerprint density at radius 2 is 2.04 bits per heavy atom. The first-order chi connectivity index (χ1) is 11.1. The molecule has 1 saturated heterocycles. The summed E-state index contributed by atoms with van der Waals surface area (Å²) in [4.78, 5) is 22.8. The van der Waals surface area contributed by atoms with Crippen LogP contribution in [0.4, 0.5) is 15.9 Å². The zero-order valence-corrected chi connectivity index (χ0v) is 13.0. The number of hydrogen-bond donors (Lipinski definition) is 1. The van der Waals surface area contributed by atoms with E-state index >= 15 is 0 Å². The van der Waals surface area contributed by atoms with Crippen LogP contribution in [-0.4, -0.2) is 29.0 Å². The third-order valence-electron chi connectivity index (χ3n) is 4.05. The molecule has 2 heterocycles. The maximum atomic E-state index is 13.4. The summed E-state index contributed by atoms with van der Waals surface area (Å²) in [6.45, 7) is 3.33. The summed E-state index contributed by atoms with van der Waals surface area (Å²) in [5.41, 5.74) is 1.31. The van der Waals surface area contributed by atoms with Crippen LogP contribution < -0.4 is 10.2 Å². The SMILES string of the molecule is Cc1cc(F)cc(NC(=O)C2CCN(c3cnccn3)CC2)c1. The first-order valence-electron chi connectivity index (χ1n) is 7.71. The monoisotopic (exact) mass is 314 g/mol. The number of halogens is 1. The van der Waals surface area contributed by atoms with Gasteiger partial charge in [-0.2, -0.15) is 0 Å². The number of carbonyl (C=O) groups is 1. The van der Waals surface area contributed by atoms with E-state index in [1.54, 1.807) is 31.6 Å². The second-order valence-corrected chi connectivity index (χ2v) is 5.83. The van der Waals surface area contributed by atoms with Gasteiger partial charge in [-0.15, -0.1) is 0 Å². The van der Waals surface area contributed by atoms with Crippen molar-refractivity contribution in [1.29, 1.82) is 0 Å². The van der Waals surface area contributed by atoms with E-state index in [0.717, 1.165) is 37.3 Å². The van der Waals surface area contributed by atoms with E-state index in [2.05, 4.69) is 20.2 Å². The highest BCUT2D eigenvalue weighted by molar-refractivity contribution is 5.92. The van der Waals surface area contributed by atoms with E-state index in [-0.39, 0.29) is 17.6 Å². The van der Waals surface area contributed by atoms with Crippen molar-refractivity contribution in [3.63, 3.8) is 0 Å². The zero-order chi connectivity index (χ0) is 16.2. The van der Waals surface area contributed by atoms with Crippen molar-refractivity contribution < 1.29 is 9.18 Å². The van der Waals surface area contributed by atoms with Gasteiger partial charge in [-0.3, -0.25) is 9.78 Å². The molecule has 6 heteroatoms. The smallest absolute Gasteiger partial charge is 0.227 e. The van der Waals surface area contributed by atoms with Crippen LogP contribution >= 0.6 is 0 Å². The number of rotatable bonds is 3. The maximum Gasteiger partial charge on any atom is 0.227 e. The second kappa shape index (κ2) is 6.73. The average Bonchev–Trinajstić information content (AvgIpc) is 2.55. The summed E-state index contributed by atoms with van der Waals surface area (Å²) >= 11 is 0. The fourth-order valence-corrected chi connectivity index (χ4v) is 2.88. The van der Waals surface area contributed by atoms with Gasteiger partial charge in [0.2, 0.25) is 5.91 Å². The van der Waals surface area contributed by atoms with Gasteiger partial charge in [0, 0.05) is 37.1 Å². The Morgan fingerprint density at radius 3 is 2.70 bits per heavy atom. The minimum Gasteiger partial charge on any atom is -0.355 e. The molecule has 1 N–H and O–H groups in total. The topological polar surface area (TPSA) is 58.1 Å². The van der Waals surface area contributed by atoms with E-state index in [4.69, 9.17) is 0 Å². The summed E-state index contributed by atoms with van der Waals surface area (Å²) in [6, 6.07) is 4.56. The Bertz CT molecular complexity index is 664. The van der Waals surface area contributed by atoms with Gasteiger partial charge < -0.3 is 10.2 Å². The summed E-state index contributed by atoms with van der Waals surface area (Å²) in [5.74, 6) is 0.394. The van der Waals surface area contributed by atoms with E-state index < -0.39 is 0 Å². The van der Waals surface area contributed by atoms with Crippen molar-refractivity contribution in [2.45, 2.75) is 19.8 Å². The van der Waals surface area contributed by atoms with Gasteiger partial charge in [0.15, 0.2) is 0 Å². The standard InChI is InChI=1S/C17H19FN4O/c1-12-8-14(18)10-15(9-12)21-17(23)13-2-6-22(7-3-13)16-11-19-4-5-20-16/h4-5,8-11,13H,2-3,6-7H2,1H3,(H,21,23). The molecule has 0 bridgehead atoms. The number of nitrogens with one attached hydrogen (secondary N) is 1. The summed E-state index contributed by atoms with van der Waals surface area (Å²) < 4.78 is 13.4. The molecule has 0 saturated carbocycles. The van der Waals surface area contributed by atoms with E-state index in [1.165, 1.54) is 12.1 Å². The zero-order valence-electron chi connectivity index (χ0n) is 13.0. The van der Waals surface area contributed by atoms with E-state index in [1.807, 2.05) is 0 Å². The van der Waals surface area contributed by atoms with Crippen molar-refractivity contribution in [3.05, 3.63) is 48.2 Å². The number of amides is 1. The third-order valence-corrected chi connectivity index (χ3v) is 4.05. The molecule has 0 radical (unpaired) electrons. The molecule has 1 aliphatic rings. The minimum atomic E-state index is -0.335. The van der Waals surface area contributed by atoms with Crippen LogP contribution in [0.25, 0.3) is 0 Å². The Morgan fingerprint density at radius 1 is 1.26 bits per heavy atom. The van der Waals surface area contributed by atoms with Crippen LogP contribution in [0.1, 0.15) is 18.4 Å². The number of aromatic nitrogens is 2. The maximum absolute atomic E-state index is 13.4. The highest BCUT2D eigenvalue weighted by atomic mass is 19.1. The molecule has 0 spiro atoms. The van der Waals surface area contributed by atoms with Gasteiger partial charge in [-0.25, -0.2) is 9.37 Å². The van der Waals surface area contributed by atoms with Crippen LogP contribution in [0, 0.1) is 18.7 Å². The molecule has 0 atom stereocenters. The lowest BCUT2D eigenvalue weighted by molar-refractivity contribution is -0.120. The molecule has 1 aromatic carbocycles. The molecule has 0 aliphatic carbocycles. The molecule has 120 valence electrons. The van der Waals surface area contributed by atoms with Gasteiger partial charge >= 0.3 is 0 Å². The molecule has 5 nitrogen and oxygen atoms in total. The minimum absolute atomic E-state index is 0.0474. The molecule has 1 amide bonds. The van der Waals surface area contributed by atoms with Gasteiger partial charge in [-0.05, 0) is 43.5 Å². The summed E-state index contributed by atoms with van der Waals surface area (Å²) in [7, 11) is 0. The molecule has 0 unspecified atom stereocenters. The molecule has 1 fully saturated rings. The van der Waals surface area contributed by atoms with Gasteiger partial charge in [-0.1, -0.05) is 0 Å². The van der Waals surface area contributed by atoms with Crippen LogP contribution in [0.15, 0.2) is 36.8 Å². The van der Waals surface area contributed by atoms with Crippen LogP contribution in [0.2, 0.25) is 0 Å². The number of carbonyl (C=O) groups excluding carboxylic acids is 1. The van der Waals surface area contributed by atoms with Crippen molar-refractivity contribution >= 4 is 17.4 Å². The Kier molecular flexibility index (Phi) is 4.50. The van der Waals surface area contributed by atoms with Crippen molar-refractivity contribution in [1.82, 2.24) is 9.97 Å². The summed E-state index contributed by atoms with van der Waals surface area (Å²) in [5, 5.41) is 2.82. The van der Waals surface area contributed by atoms with Crippen molar-refractivity contribution in [2.24, 2.45) is 5.92 Å². The molecular formula is C17H19FN4O. The number of piperidine rings is 1. The van der Waals surface area contributed by atoms with Crippen LogP contribution in [-0.2, 0) is 4.79 Å². The quantitative estimate of drug-likeness (QED) is 0.946. The third kappa shape index (κ3) is 3.83. The molecule has 1 aromatic heterocycles.